The Balaban J connectivity index is 2.10. The molecule has 2 atom stereocenters. The maximum Gasteiger partial charge on any atom is 0.225 e. The van der Waals surface area contributed by atoms with Gasteiger partial charge in [-0.05, 0) is 37.0 Å². The molecule has 0 spiro atoms. The van der Waals surface area contributed by atoms with E-state index in [0.717, 1.165) is 18.5 Å². The quantitative estimate of drug-likeness (QED) is 0.775. The molecule has 1 amide bonds. The molecular formula is C16H22FNO2. The first-order chi connectivity index (χ1) is 9.63. The maximum atomic E-state index is 13.4. The second-order valence-corrected chi connectivity index (χ2v) is 5.30. The van der Waals surface area contributed by atoms with Gasteiger partial charge in [-0.15, -0.1) is 0 Å². The summed E-state index contributed by atoms with van der Waals surface area (Å²) in [7, 11) is 0. The van der Waals surface area contributed by atoms with Gasteiger partial charge in [-0.25, -0.2) is 4.39 Å². The zero-order valence-electron chi connectivity index (χ0n) is 12.1. The highest BCUT2D eigenvalue weighted by Crippen LogP contribution is 2.37. The Morgan fingerprint density at radius 3 is 3.00 bits per heavy atom. The molecule has 1 aromatic rings. The minimum atomic E-state index is -0.247. The summed E-state index contributed by atoms with van der Waals surface area (Å²) in [6.07, 6.45) is 1.36. The number of nitrogens with zero attached hydrogens (tertiary/aromatic N) is 1. The predicted octanol–water partition coefficient (Wildman–Crippen LogP) is 3.16. The molecule has 2 rings (SSSR count). The number of carbonyl (C=O) groups excluding carboxylic acids is 1. The van der Waals surface area contributed by atoms with Crippen LogP contribution in [0, 0.1) is 11.7 Å². The van der Waals surface area contributed by atoms with E-state index in [9.17, 15) is 9.18 Å². The Hall–Kier alpha value is -1.42. The largest absolute Gasteiger partial charge is 0.381 e. The number of hydrogen-bond donors (Lipinski definition) is 0. The minimum Gasteiger partial charge on any atom is -0.381 e. The molecule has 0 aromatic heterocycles. The van der Waals surface area contributed by atoms with Crippen molar-refractivity contribution in [2.45, 2.75) is 32.7 Å². The average Bonchev–Trinajstić information content (AvgIpc) is 2.81. The van der Waals surface area contributed by atoms with E-state index in [0.29, 0.717) is 25.6 Å². The van der Waals surface area contributed by atoms with Gasteiger partial charge in [-0.2, -0.15) is 0 Å². The zero-order valence-corrected chi connectivity index (χ0v) is 12.1. The molecule has 1 aliphatic heterocycles. The summed E-state index contributed by atoms with van der Waals surface area (Å²) in [6, 6.07) is 6.57. The third-order valence-corrected chi connectivity index (χ3v) is 3.88. The molecule has 0 radical (unpaired) electrons. The summed E-state index contributed by atoms with van der Waals surface area (Å²) in [4.78, 5) is 14.2. The molecular weight excluding hydrogens is 257 g/mol. The van der Waals surface area contributed by atoms with Gasteiger partial charge in [0.2, 0.25) is 5.91 Å². The van der Waals surface area contributed by atoms with Crippen LogP contribution in [0.2, 0.25) is 0 Å². The lowest BCUT2D eigenvalue weighted by atomic mass is 9.95. The average molecular weight is 279 g/mol. The van der Waals surface area contributed by atoms with Crippen molar-refractivity contribution in [1.29, 1.82) is 0 Å². The summed E-state index contributed by atoms with van der Waals surface area (Å²) >= 11 is 0. The molecule has 3 nitrogen and oxygen atoms in total. The Bertz CT molecular complexity index is 464. The molecule has 1 aromatic carbocycles. The van der Waals surface area contributed by atoms with Crippen LogP contribution in [-0.4, -0.2) is 30.6 Å². The van der Waals surface area contributed by atoms with Crippen molar-refractivity contribution in [2.75, 3.05) is 19.8 Å². The van der Waals surface area contributed by atoms with Gasteiger partial charge in [0.1, 0.15) is 5.82 Å². The van der Waals surface area contributed by atoms with Gasteiger partial charge in [-0.1, -0.05) is 19.1 Å². The lowest BCUT2D eigenvalue weighted by Gasteiger charge is -2.27. The Morgan fingerprint density at radius 1 is 1.50 bits per heavy atom. The van der Waals surface area contributed by atoms with E-state index in [-0.39, 0.29) is 17.8 Å². The van der Waals surface area contributed by atoms with Crippen LogP contribution >= 0.6 is 0 Å². The highest BCUT2D eigenvalue weighted by molar-refractivity contribution is 5.77. The second-order valence-electron chi connectivity index (χ2n) is 5.30. The Morgan fingerprint density at radius 2 is 2.30 bits per heavy atom. The predicted molar refractivity (Wildman–Crippen MR) is 75.7 cm³/mol. The summed E-state index contributed by atoms with van der Waals surface area (Å²) in [5.41, 5.74) is 0.889. The summed E-state index contributed by atoms with van der Waals surface area (Å²) in [5.74, 6) is 0.202. The third-order valence-electron chi connectivity index (χ3n) is 3.88. The fourth-order valence-corrected chi connectivity index (χ4v) is 2.87. The number of hydrogen-bond acceptors (Lipinski definition) is 2. The maximum absolute atomic E-state index is 13.4. The van der Waals surface area contributed by atoms with Crippen LogP contribution in [0.1, 0.15) is 38.3 Å². The van der Waals surface area contributed by atoms with Gasteiger partial charge < -0.3 is 9.64 Å². The molecule has 0 saturated carbocycles. The van der Waals surface area contributed by atoms with E-state index in [4.69, 9.17) is 4.74 Å². The summed E-state index contributed by atoms with van der Waals surface area (Å²) < 4.78 is 18.6. The van der Waals surface area contributed by atoms with E-state index < -0.39 is 0 Å². The molecule has 20 heavy (non-hydrogen) atoms. The van der Waals surface area contributed by atoms with Crippen molar-refractivity contribution in [2.24, 2.45) is 5.92 Å². The number of amides is 1. The second kappa shape index (κ2) is 6.84. The molecule has 0 bridgehead atoms. The van der Waals surface area contributed by atoms with Crippen molar-refractivity contribution in [3.63, 3.8) is 0 Å². The Labute approximate surface area is 119 Å². The molecule has 0 unspecified atom stereocenters. The molecule has 1 fully saturated rings. The van der Waals surface area contributed by atoms with Crippen molar-refractivity contribution in [1.82, 2.24) is 4.90 Å². The number of rotatable bonds is 5. The third kappa shape index (κ3) is 3.37. The SMILES string of the molecule is CCOCCC(=O)N1CC[C@H](C)[C@@H]1c1cccc(F)c1. The summed E-state index contributed by atoms with van der Waals surface area (Å²) in [5, 5.41) is 0. The van der Waals surface area contributed by atoms with E-state index in [1.165, 1.54) is 12.1 Å². The number of benzene rings is 1. The lowest BCUT2D eigenvalue weighted by Crippen LogP contribution is -2.32. The number of ether oxygens (including phenoxy) is 1. The molecule has 1 heterocycles. The van der Waals surface area contributed by atoms with Gasteiger partial charge in [0.25, 0.3) is 0 Å². The van der Waals surface area contributed by atoms with Crippen LogP contribution in [0.15, 0.2) is 24.3 Å². The van der Waals surface area contributed by atoms with Crippen molar-refractivity contribution in [3.05, 3.63) is 35.6 Å². The van der Waals surface area contributed by atoms with E-state index in [1.807, 2.05) is 17.9 Å². The van der Waals surface area contributed by atoms with Crippen molar-refractivity contribution in [3.8, 4) is 0 Å². The van der Waals surface area contributed by atoms with Crippen LogP contribution in [0.4, 0.5) is 4.39 Å². The standard InChI is InChI=1S/C16H22FNO2/c1-3-20-10-8-15(19)18-9-7-12(2)16(18)13-5-4-6-14(17)11-13/h4-6,11-12,16H,3,7-10H2,1-2H3/t12-,16+/m0/s1. The Kier molecular flexibility index (Phi) is 5.12. The van der Waals surface area contributed by atoms with Gasteiger partial charge in [0.15, 0.2) is 0 Å². The normalized spacial score (nSPS) is 22.2. The molecule has 0 N–H and O–H groups in total. The minimum absolute atomic E-state index is 0.0140. The highest BCUT2D eigenvalue weighted by Gasteiger charge is 2.35. The fraction of sp³-hybridized carbons (Fsp3) is 0.562. The van der Waals surface area contributed by atoms with Gasteiger partial charge in [-0.3, -0.25) is 4.79 Å². The monoisotopic (exact) mass is 279 g/mol. The molecule has 110 valence electrons. The zero-order chi connectivity index (χ0) is 14.5. The number of likely N-dealkylation sites (tertiary alicyclic amines) is 1. The van der Waals surface area contributed by atoms with Crippen LogP contribution in [0.3, 0.4) is 0 Å². The molecule has 4 heteroatoms. The van der Waals surface area contributed by atoms with Gasteiger partial charge in [0, 0.05) is 13.2 Å². The first kappa shape index (κ1) is 15.0. The first-order valence-corrected chi connectivity index (χ1v) is 7.26. The van der Waals surface area contributed by atoms with E-state index >= 15 is 0 Å². The van der Waals surface area contributed by atoms with E-state index in [2.05, 4.69) is 6.92 Å². The lowest BCUT2D eigenvalue weighted by molar-refractivity contribution is -0.133. The first-order valence-electron chi connectivity index (χ1n) is 7.26. The topological polar surface area (TPSA) is 29.5 Å². The van der Waals surface area contributed by atoms with Gasteiger partial charge >= 0.3 is 0 Å². The van der Waals surface area contributed by atoms with Crippen molar-refractivity contribution >= 4 is 5.91 Å². The fourth-order valence-electron chi connectivity index (χ4n) is 2.87. The molecule has 1 saturated heterocycles. The van der Waals surface area contributed by atoms with Crippen LogP contribution < -0.4 is 0 Å². The highest BCUT2D eigenvalue weighted by atomic mass is 19.1. The van der Waals surface area contributed by atoms with Crippen LogP contribution in [-0.2, 0) is 9.53 Å². The van der Waals surface area contributed by atoms with Crippen LogP contribution in [0.25, 0.3) is 0 Å². The van der Waals surface area contributed by atoms with Crippen LogP contribution in [0.5, 0.6) is 0 Å². The molecule has 0 aliphatic carbocycles. The van der Waals surface area contributed by atoms with Gasteiger partial charge in [0.05, 0.1) is 19.1 Å². The number of halogens is 1. The van der Waals surface area contributed by atoms with E-state index in [1.54, 1.807) is 6.07 Å². The number of carbonyl (C=O) groups is 1. The summed E-state index contributed by atoms with van der Waals surface area (Å²) in [6.45, 7) is 5.85. The molecule has 1 aliphatic rings. The smallest absolute Gasteiger partial charge is 0.225 e. The van der Waals surface area contributed by atoms with Crippen molar-refractivity contribution < 1.29 is 13.9 Å².